The zero-order valence-electron chi connectivity index (χ0n) is 14.8. The molecule has 0 radical (unpaired) electrons. The molecule has 0 saturated carbocycles. The molecule has 0 aliphatic carbocycles. The highest BCUT2D eigenvalue weighted by Gasteiger charge is 2.28. The number of likely N-dealkylation sites (N-methyl/N-ethyl adjacent to an activating group) is 1. The van der Waals surface area contributed by atoms with Gasteiger partial charge in [0.25, 0.3) is 0 Å². The Balaban J connectivity index is 1.79. The Morgan fingerprint density at radius 2 is 1.88 bits per heavy atom. The fourth-order valence-corrected chi connectivity index (χ4v) is 4.25. The summed E-state index contributed by atoms with van der Waals surface area (Å²) in [6.07, 6.45) is 1.75. The zero-order chi connectivity index (χ0) is 18.9. The molecule has 0 atom stereocenters. The maximum Gasteiger partial charge on any atom is 0.243 e. The first-order valence-electron chi connectivity index (χ1n) is 8.41. The number of benzene rings is 2. The Labute approximate surface area is 153 Å². The molecule has 0 unspecified atom stereocenters. The lowest BCUT2D eigenvalue weighted by molar-refractivity contribution is -0.118. The summed E-state index contributed by atoms with van der Waals surface area (Å²) in [4.78, 5) is 14.4. The molecule has 26 heavy (non-hydrogen) atoms. The molecule has 1 aliphatic rings. The molecule has 0 bridgehead atoms. The van der Waals surface area contributed by atoms with Crippen molar-refractivity contribution in [2.45, 2.75) is 24.7 Å². The lowest BCUT2D eigenvalue weighted by Gasteiger charge is -2.31. The standard InChI is InChI=1S/C19H21FN2O3S/c1-14-5-10-18-15(12-14)4-3-11-22(18)19(23)13-21(2)26(24,25)17-8-6-16(20)7-9-17/h5-10,12H,3-4,11,13H2,1-2H3. The number of amides is 1. The Hall–Kier alpha value is -2.25. The van der Waals surface area contributed by atoms with Gasteiger partial charge in [0.2, 0.25) is 15.9 Å². The number of hydrogen-bond acceptors (Lipinski definition) is 3. The molecule has 3 rings (SSSR count). The Morgan fingerprint density at radius 1 is 1.19 bits per heavy atom. The van der Waals surface area contributed by atoms with Crippen LogP contribution in [0.4, 0.5) is 10.1 Å². The molecule has 2 aromatic rings. The van der Waals surface area contributed by atoms with Gasteiger partial charge in [-0.05, 0) is 55.7 Å². The van der Waals surface area contributed by atoms with Gasteiger partial charge in [0.1, 0.15) is 5.82 Å². The normalized spacial score (nSPS) is 14.4. The Kier molecular flexibility index (Phi) is 5.11. The van der Waals surface area contributed by atoms with Crippen LogP contribution in [0.5, 0.6) is 0 Å². The number of aryl methyl sites for hydroxylation is 2. The Bertz CT molecular complexity index is 926. The number of carbonyl (C=O) groups is 1. The van der Waals surface area contributed by atoms with Crippen molar-refractivity contribution in [3.8, 4) is 0 Å². The van der Waals surface area contributed by atoms with Gasteiger partial charge in [0.05, 0.1) is 11.4 Å². The zero-order valence-corrected chi connectivity index (χ0v) is 15.6. The quantitative estimate of drug-likeness (QED) is 0.824. The molecule has 0 N–H and O–H groups in total. The lowest BCUT2D eigenvalue weighted by Crippen LogP contribution is -2.43. The van der Waals surface area contributed by atoms with E-state index in [-0.39, 0.29) is 17.3 Å². The van der Waals surface area contributed by atoms with Gasteiger partial charge in [0.15, 0.2) is 0 Å². The number of carbonyl (C=O) groups excluding carboxylic acids is 1. The summed E-state index contributed by atoms with van der Waals surface area (Å²) in [7, 11) is -2.50. The molecule has 0 spiro atoms. The summed E-state index contributed by atoms with van der Waals surface area (Å²) in [6.45, 7) is 2.30. The molecular formula is C19H21FN2O3S. The number of sulfonamides is 1. The molecule has 1 aliphatic heterocycles. The highest BCUT2D eigenvalue weighted by atomic mass is 32.2. The first-order chi connectivity index (χ1) is 12.3. The second-order valence-electron chi connectivity index (χ2n) is 6.50. The van der Waals surface area contributed by atoms with E-state index < -0.39 is 15.8 Å². The molecule has 5 nitrogen and oxygen atoms in total. The summed E-state index contributed by atoms with van der Waals surface area (Å²) in [5.41, 5.74) is 3.09. The topological polar surface area (TPSA) is 57.7 Å². The van der Waals surface area contributed by atoms with Crippen molar-refractivity contribution < 1.29 is 17.6 Å². The van der Waals surface area contributed by atoms with E-state index in [4.69, 9.17) is 0 Å². The van der Waals surface area contributed by atoms with E-state index in [2.05, 4.69) is 6.07 Å². The second-order valence-corrected chi connectivity index (χ2v) is 8.54. The predicted molar refractivity (Wildman–Crippen MR) is 98.1 cm³/mol. The third-order valence-electron chi connectivity index (χ3n) is 4.53. The van der Waals surface area contributed by atoms with Crippen molar-refractivity contribution in [2.24, 2.45) is 0 Å². The van der Waals surface area contributed by atoms with Crippen LogP contribution in [0.1, 0.15) is 17.5 Å². The van der Waals surface area contributed by atoms with Gasteiger partial charge >= 0.3 is 0 Å². The van der Waals surface area contributed by atoms with E-state index in [0.29, 0.717) is 6.54 Å². The summed E-state index contributed by atoms with van der Waals surface area (Å²) >= 11 is 0. The van der Waals surface area contributed by atoms with Crippen molar-refractivity contribution in [2.75, 3.05) is 25.0 Å². The highest BCUT2D eigenvalue weighted by molar-refractivity contribution is 7.89. The molecule has 1 amide bonds. The van der Waals surface area contributed by atoms with Crippen LogP contribution in [0.15, 0.2) is 47.4 Å². The third kappa shape index (κ3) is 3.64. The van der Waals surface area contributed by atoms with Crippen LogP contribution >= 0.6 is 0 Å². The van der Waals surface area contributed by atoms with Crippen LogP contribution in [0.2, 0.25) is 0 Å². The maximum absolute atomic E-state index is 13.0. The number of fused-ring (bicyclic) bond motifs is 1. The average Bonchev–Trinajstić information content (AvgIpc) is 2.61. The van der Waals surface area contributed by atoms with Crippen LogP contribution in [-0.4, -0.2) is 38.8 Å². The highest BCUT2D eigenvalue weighted by Crippen LogP contribution is 2.28. The number of anilines is 1. The number of hydrogen-bond donors (Lipinski definition) is 0. The third-order valence-corrected chi connectivity index (χ3v) is 6.35. The SMILES string of the molecule is Cc1ccc2c(c1)CCCN2C(=O)CN(C)S(=O)(=O)c1ccc(F)cc1. The first kappa shape index (κ1) is 18.5. The smallest absolute Gasteiger partial charge is 0.243 e. The van der Waals surface area contributed by atoms with Crippen molar-refractivity contribution in [1.29, 1.82) is 0 Å². The van der Waals surface area contributed by atoms with Gasteiger partial charge in [-0.25, -0.2) is 12.8 Å². The minimum atomic E-state index is -3.85. The van der Waals surface area contributed by atoms with Crippen molar-refractivity contribution in [3.05, 3.63) is 59.4 Å². The van der Waals surface area contributed by atoms with E-state index in [0.717, 1.165) is 46.1 Å². The van der Waals surface area contributed by atoms with Crippen molar-refractivity contribution >= 4 is 21.6 Å². The first-order valence-corrected chi connectivity index (χ1v) is 9.85. The van der Waals surface area contributed by atoms with Gasteiger partial charge in [-0.15, -0.1) is 0 Å². The molecular weight excluding hydrogens is 355 g/mol. The number of halogens is 1. The van der Waals surface area contributed by atoms with E-state index >= 15 is 0 Å². The second kappa shape index (κ2) is 7.17. The largest absolute Gasteiger partial charge is 0.311 e. The van der Waals surface area contributed by atoms with E-state index in [1.165, 1.54) is 19.2 Å². The molecule has 0 fully saturated rings. The fraction of sp³-hybridized carbons (Fsp3) is 0.316. The molecule has 1 heterocycles. The van der Waals surface area contributed by atoms with Gasteiger partial charge in [0, 0.05) is 19.3 Å². The van der Waals surface area contributed by atoms with Gasteiger partial charge in [-0.1, -0.05) is 17.7 Å². The van der Waals surface area contributed by atoms with Crippen LogP contribution < -0.4 is 4.90 Å². The van der Waals surface area contributed by atoms with E-state index in [9.17, 15) is 17.6 Å². The minimum Gasteiger partial charge on any atom is -0.311 e. The number of nitrogens with zero attached hydrogens (tertiary/aromatic N) is 2. The average molecular weight is 376 g/mol. The minimum absolute atomic E-state index is 0.0381. The predicted octanol–water partition coefficient (Wildman–Crippen LogP) is 2.73. The van der Waals surface area contributed by atoms with E-state index in [1.54, 1.807) is 4.90 Å². The molecule has 2 aromatic carbocycles. The van der Waals surface area contributed by atoms with Crippen LogP contribution in [0.25, 0.3) is 0 Å². The lowest BCUT2D eigenvalue weighted by atomic mass is 9.99. The monoisotopic (exact) mass is 376 g/mol. The van der Waals surface area contributed by atoms with Gasteiger partial charge in [-0.3, -0.25) is 4.79 Å². The van der Waals surface area contributed by atoms with Crippen LogP contribution in [-0.2, 0) is 21.2 Å². The summed E-state index contributed by atoms with van der Waals surface area (Å²) < 4.78 is 39.2. The molecule has 0 saturated heterocycles. The van der Waals surface area contributed by atoms with Gasteiger partial charge < -0.3 is 4.90 Å². The molecule has 0 aromatic heterocycles. The van der Waals surface area contributed by atoms with Crippen LogP contribution in [0.3, 0.4) is 0 Å². The Morgan fingerprint density at radius 3 is 2.58 bits per heavy atom. The fourth-order valence-electron chi connectivity index (χ4n) is 3.13. The van der Waals surface area contributed by atoms with Crippen LogP contribution in [0, 0.1) is 12.7 Å². The van der Waals surface area contributed by atoms with E-state index in [1.807, 2.05) is 19.1 Å². The molecule has 138 valence electrons. The maximum atomic E-state index is 13.0. The van der Waals surface area contributed by atoms with Crippen molar-refractivity contribution in [3.63, 3.8) is 0 Å². The summed E-state index contributed by atoms with van der Waals surface area (Å²) in [6, 6.07) is 10.5. The van der Waals surface area contributed by atoms with Crippen molar-refractivity contribution in [1.82, 2.24) is 4.31 Å². The summed E-state index contributed by atoms with van der Waals surface area (Å²) in [5.74, 6) is -0.786. The van der Waals surface area contributed by atoms with Gasteiger partial charge in [-0.2, -0.15) is 4.31 Å². The summed E-state index contributed by atoms with van der Waals surface area (Å²) in [5, 5.41) is 0. The number of rotatable bonds is 4. The molecule has 7 heteroatoms.